The SMILES string of the molecule is C1CC1.COc1ccc(C(C)=O)cc1. The summed E-state index contributed by atoms with van der Waals surface area (Å²) >= 11 is 0. The third-order valence-electron chi connectivity index (χ3n) is 1.85. The molecule has 1 fully saturated rings. The Hall–Kier alpha value is -1.31. The van der Waals surface area contributed by atoms with Gasteiger partial charge < -0.3 is 4.74 Å². The molecule has 0 aromatic heterocycles. The molecule has 1 aromatic rings. The number of rotatable bonds is 2. The zero-order valence-electron chi connectivity index (χ0n) is 8.75. The summed E-state index contributed by atoms with van der Waals surface area (Å²) < 4.78 is 4.94. The maximum atomic E-state index is 10.8. The molecule has 0 saturated heterocycles. The van der Waals surface area contributed by atoms with Gasteiger partial charge in [0.15, 0.2) is 5.78 Å². The smallest absolute Gasteiger partial charge is 0.159 e. The highest BCUT2D eigenvalue weighted by molar-refractivity contribution is 5.94. The first-order valence-electron chi connectivity index (χ1n) is 4.89. The van der Waals surface area contributed by atoms with Crippen molar-refractivity contribution in [3.8, 4) is 5.75 Å². The maximum absolute atomic E-state index is 10.8. The van der Waals surface area contributed by atoms with E-state index in [1.807, 2.05) is 0 Å². The van der Waals surface area contributed by atoms with Gasteiger partial charge in [-0.25, -0.2) is 0 Å². The minimum atomic E-state index is 0.0765. The minimum Gasteiger partial charge on any atom is -0.497 e. The lowest BCUT2D eigenvalue weighted by molar-refractivity contribution is 0.101. The summed E-state index contributed by atoms with van der Waals surface area (Å²) in [6.07, 6.45) is 4.50. The van der Waals surface area contributed by atoms with E-state index >= 15 is 0 Å². The predicted octanol–water partition coefficient (Wildman–Crippen LogP) is 3.07. The van der Waals surface area contributed by atoms with Crippen molar-refractivity contribution < 1.29 is 9.53 Å². The molecule has 1 saturated carbocycles. The summed E-state index contributed by atoms with van der Waals surface area (Å²) in [5, 5.41) is 0. The van der Waals surface area contributed by atoms with Crippen LogP contribution in [-0.4, -0.2) is 12.9 Å². The van der Waals surface area contributed by atoms with Crippen molar-refractivity contribution in [2.24, 2.45) is 0 Å². The lowest BCUT2D eigenvalue weighted by Crippen LogP contribution is -1.91. The van der Waals surface area contributed by atoms with Crippen LogP contribution in [0.5, 0.6) is 5.75 Å². The van der Waals surface area contributed by atoms with E-state index in [9.17, 15) is 4.79 Å². The van der Waals surface area contributed by atoms with Gasteiger partial charge in [0.05, 0.1) is 7.11 Å². The van der Waals surface area contributed by atoms with Gasteiger partial charge in [-0.3, -0.25) is 4.79 Å². The molecule has 1 aliphatic rings. The topological polar surface area (TPSA) is 26.3 Å². The molecular weight excluding hydrogens is 176 g/mol. The number of carbonyl (C=O) groups excluding carboxylic acids is 1. The fourth-order valence-corrected chi connectivity index (χ4v) is 0.826. The number of hydrogen-bond donors (Lipinski definition) is 0. The van der Waals surface area contributed by atoms with E-state index in [0.29, 0.717) is 5.56 Å². The summed E-state index contributed by atoms with van der Waals surface area (Å²) in [6.45, 7) is 1.54. The third-order valence-corrected chi connectivity index (χ3v) is 1.85. The molecule has 0 heterocycles. The van der Waals surface area contributed by atoms with E-state index in [2.05, 4.69) is 0 Å². The minimum absolute atomic E-state index is 0.0765. The lowest BCUT2D eigenvalue weighted by atomic mass is 10.1. The number of carbonyl (C=O) groups is 1. The van der Waals surface area contributed by atoms with Crippen LogP contribution in [-0.2, 0) is 0 Å². The number of ether oxygens (including phenoxy) is 1. The van der Waals surface area contributed by atoms with Crippen molar-refractivity contribution in [2.45, 2.75) is 26.2 Å². The second kappa shape index (κ2) is 5.43. The summed E-state index contributed by atoms with van der Waals surface area (Å²) in [6, 6.07) is 7.05. The zero-order valence-corrected chi connectivity index (χ0v) is 8.75. The highest BCUT2D eigenvalue weighted by Gasteiger charge is 1.97. The summed E-state index contributed by atoms with van der Waals surface area (Å²) in [7, 11) is 1.60. The first-order valence-corrected chi connectivity index (χ1v) is 4.89. The van der Waals surface area contributed by atoms with Gasteiger partial charge in [0.2, 0.25) is 0 Å². The van der Waals surface area contributed by atoms with Crippen molar-refractivity contribution >= 4 is 5.78 Å². The largest absolute Gasteiger partial charge is 0.497 e. The third kappa shape index (κ3) is 4.08. The Morgan fingerprint density at radius 3 is 1.93 bits per heavy atom. The second-order valence-electron chi connectivity index (χ2n) is 3.35. The molecular formula is C12H16O2. The van der Waals surface area contributed by atoms with Gasteiger partial charge in [-0.2, -0.15) is 0 Å². The molecule has 0 N–H and O–H groups in total. The Balaban J connectivity index is 0.000000276. The van der Waals surface area contributed by atoms with E-state index < -0.39 is 0 Å². The average molecular weight is 192 g/mol. The standard InChI is InChI=1S/C9H10O2.C3H6/c1-7(10)8-3-5-9(11-2)6-4-8;1-2-3-1/h3-6H,1-2H3;1-3H2. The fraction of sp³-hybridized carbons (Fsp3) is 0.417. The number of Topliss-reactive ketones (excluding diaryl/α,β-unsaturated/α-hetero) is 1. The van der Waals surface area contributed by atoms with Gasteiger partial charge in [0, 0.05) is 5.56 Å². The Kier molecular flexibility index (Phi) is 4.17. The Morgan fingerprint density at radius 1 is 1.14 bits per heavy atom. The van der Waals surface area contributed by atoms with Crippen LogP contribution in [0.1, 0.15) is 36.5 Å². The predicted molar refractivity (Wildman–Crippen MR) is 56.8 cm³/mol. The van der Waals surface area contributed by atoms with Crippen LogP contribution in [0.3, 0.4) is 0 Å². The highest BCUT2D eigenvalue weighted by Crippen LogP contribution is 2.14. The van der Waals surface area contributed by atoms with Crippen LogP contribution in [0.4, 0.5) is 0 Å². The summed E-state index contributed by atoms with van der Waals surface area (Å²) in [5.74, 6) is 0.850. The molecule has 0 bridgehead atoms. The Morgan fingerprint density at radius 2 is 1.64 bits per heavy atom. The second-order valence-corrected chi connectivity index (χ2v) is 3.35. The van der Waals surface area contributed by atoms with Gasteiger partial charge in [0.1, 0.15) is 5.75 Å². The molecule has 0 spiro atoms. The molecule has 2 rings (SSSR count). The molecule has 2 nitrogen and oxygen atoms in total. The van der Waals surface area contributed by atoms with Crippen molar-refractivity contribution in [3.63, 3.8) is 0 Å². The van der Waals surface area contributed by atoms with Crippen LogP contribution < -0.4 is 4.74 Å². The Bertz CT molecular complexity index is 283. The quantitative estimate of drug-likeness (QED) is 0.673. The zero-order chi connectivity index (χ0) is 10.4. The first kappa shape index (κ1) is 10.8. The van der Waals surface area contributed by atoms with Crippen molar-refractivity contribution in [1.29, 1.82) is 0 Å². The van der Waals surface area contributed by atoms with Gasteiger partial charge in [-0.1, -0.05) is 19.3 Å². The molecule has 14 heavy (non-hydrogen) atoms. The highest BCUT2D eigenvalue weighted by atomic mass is 16.5. The molecule has 0 atom stereocenters. The van der Waals surface area contributed by atoms with Gasteiger partial charge in [-0.05, 0) is 31.2 Å². The van der Waals surface area contributed by atoms with E-state index in [4.69, 9.17) is 4.74 Å². The molecule has 1 aliphatic carbocycles. The van der Waals surface area contributed by atoms with E-state index in [0.717, 1.165) is 5.75 Å². The van der Waals surface area contributed by atoms with Crippen LogP contribution in [0, 0.1) is 0 Å². The molecule has 0 unspecified atom stereocenters. The van der Waals surface area contributed by atoms with Crippen molar-refractivity contribution in [1.82, 2.24) is 0 Å². The summed E-state index contributed by atoms with van der Waals surface area (Å²) in [4.78, 5) is 10.8. The molecule has 2 heteroatoms. The van der Waals surface area contributed by atoms with Gasteiger partial charge >= 0.3 is 0 Å². The van der Waals surface area contributed by atoms with Crippen LogP contribution in [0.25, 0.3) is 0 Å². The summed E-state index contributed by atoms with van der Waals surface area (Å²) in [5.41, 5.74) is 0.714. The monoisotopic (exact) mass is 192 g/mol. The molecule has 0 amide bonds. The van der Waals surface area contributed by atoms with E-state index in [1.165, 1.54) is 19.3 Å². The van der Waals surface area contributed by atoms with Crippen LogP contribution in [0.2, 0.25) is 0 Å². The molecule has 0 radical (unpaired) electrons. The normalized spacial score (nSPS) is 12.4. The van der Waals surface area contributed by atoms with E-state index in [-0.39, 0.29) is 5.78 Å². The number of ketones is 1. The average Bonchev–Trinajstić information content (AvgIpc) is 3.05. The molecule has 1 aromatic carbocycles. The number of methoxy groups -OCH3 is 1. The Labute approximate surface area is 84.9 Å². The van der Waals surface area contributed by atoms with Gasteiger partial charge in [-0.15, -0.1) is 0 Å². The molecule has 0 aliphatic heterocycles. The van der Waals surface area contributed by atoms with Crippen LogP contribution in [0.15, 0.2) is 24.3 Å². The van der Waals surface area contributed by atoms with Gasteiger partial charge in [0.25, 0.3) is 0 Å². The van der Waals surface area contributed by atoms with Crippen molar-refractivity contribution in [3.05, 3.63) is 29.8 Å². The first-order chi connectivity index (χ1) is 6.74. The van der Waals surface area contributed by atoms with Crippen molar-refractivity contribution in [2.75, 3.05) is 7.11 Å². The fourth-order valence-electron chi connectivity index (χ4n) is 0.826. The maximum Gasteiger partial charge on any atom is 0.159 e. The molecule has 76 valence electrons. The van der Waals surface area contributed by atoms with E-state index in [1.54, 1.807) is 38.3 Å². The number of hydrogen-bond acceptors (Lipinski definition) is 2. The number of benzene rings is 1. The lowest BCUT2D eigenvalue weighted by Gasteiger charge is -1.98. The van der Waals surface area contributed by atoms with Crippen LogP contribution >= 0.6 is 0 Å².